The van der Waals surface area contributed by atoms with Gasteiger partial charge in [0.1, 0.15) is 11.1 Å². The SMILES string of the molecule is Cc1ccc(NC(=O)CCSc2nc3c(cc2C#N)CC(c2ccccc2)CC3)cc1. The molecule has 1 amide bonds. The summed E-state index contributed by atoms with van der Waals surface area (Å²) in [5.74, 6) is 1.04. The van der Waals surface area contributed by atoms with E-state index < -0.39 is 0 Å². The smallest absolute Gasteiger partial charge is 0.225 e. The maximum atomic E-state index is 12.2. The van der Waals surface area contributed by atoms with E-state index in [-0.39, 0.29) is 5.91 Å². The lowest BCUT2D eigenvalue weighted by Crippen LogP contribution is -2.15. The van der Waals surface area contributed by atoms with Gasteiger partial charge in [0, 0.05) is 23.6 Å². The molecule has 1 aromatic heterocycles. The number of carbonyl (C=O) groups is 1. The third-order valence-electron chi connectivity index (χ3n) is 5.65. The molecule has 0 saturated carbocycles. The third kappa shape index (κ3) is 5.34. The van der Waals surface area contributed by atoms with E-state index >= 15 is 0 Å². The van der Waals surface area contributed by atoms with Crippen molar-refractivity contribution in [3.63, 3.8) is 0 Å². The van der Waals surface area contributed by atoms with E-state index in [0.717, 1.165) is 41.2 Å². The number of aromatic nitrogens is 1. The van der Waals surface area contributed by atoms with Crippen LogP contribution in [0.2, 0.25) is 0 Å². The zero-order valence-corrected chi connectivity index (χ0v) is 18.4. The number of benzene rings is 2. The van der Waals surface area contributed by atoms with Gasteiger partial charge in [-0.15, -0.1) is 11.8 Å². The number of thioether (sulfide) groups is 1. The number of nitriles is 1. The van der Waals surface area contributed by atoms with Gasteiger partial charge in [-0.3, -0.25) is 4.79 Å². The van der Waals surface area contributed by atoms with Gasteiger partial charge in [0.25, 0.3) is 0 Å². The third-order valence-corrected chi connectivity index (χ3v) is 6.64. The predicted octanol–water partition coefficient (Wildman–Crippen LogP) is 5.66. The van der Waals surface area contributed by atoms with Crippen LogP contribution in [0.5, 0.6) is 0 Å². The van der Waals surface area contributed by atoms with Gasteiger partial charge < -0.3 is 5.32 Å². The number of hydrogen-bond donors (Lipinski definition) is 1. The Bertz CT molecular complexity index is 1100. The second-order valence-electron chi connectivity index (χ2n) is 7.92. The van der Waals surface area contributed by atoms with Gasteiger partial charge in [-0.2, -0.15) is 5.26 Å². The molecular weight excluding hydrogens is 402 g/mol. The van der Waals surface area contributed by atoms with E-state index in [4.69, 9.17) is 4.98 Å². The van der Waals surface area contributed by atoms with Crippen LogP contribution in [0.1, 0.15) is 46.7 Å². The molecule has 5 heteroatoms. The molecule has 0 fully saturated rings. The first-order valence-electron chi connectivity index (χ1n) is 10.6. The van der Waals surface area contributed by atoms with Crippen molar-refractivity contribution in [2.75, 3.05) is 11.1 Å². The van der Waals surface area contributed by atoms with Crippen molar-refractivity contribution in [3.05, 3.63) is 88.6 Å². The molecule has 0 saturated heterocycles. The lowest BCUT2D eigenvalue weighted by Gasteiger charge is -2.25. The zero-order valence-electron chi connectivity index (χ0n) is 17.6. The zero-order chi connectivity index (χ0) is 21.6. The van der Waals surface area contributed by atoms with E-state index in [1.807, 2.05) is 43.3 Å². The first-order valence-corrected chi connectivity index (χ1v) is 11.6. The molecule has 4 rings (SSSR count). The van der Waals surface area contributed by atoms with E-state index in [1.54, 1.807) is 0 Å². The molecule has 1 aliphatic rings. The van der Waals surface area contributed by atoms with Crippen molar-refractivity contribution >= 4 is 23.4 Å². The number of nitrogens with zero attached hydrogens (tertiary/aromatic N) is 2. The van der Waals surface area contributed by atoms with Crippen molar-refractivity contribution in [2.45, 2.75) is 43.6 Å². The summed E-state index contributed by atoms with van der Waals surface area (Å²) in [6, 6.07) is 22.6. The standard InChI is InChI=1S/C26H25N3OS/c1-18-7-10-23(11-8-18)28-25(30)13-14-31-26-22(17-27)16-21-15-20(9-12-24(21)29-26)19-5-3-2-4-6-19/h2-8,10-11,16,20H,9,12-15H2,1H3,(H,28,30). The Morgan fingerprint density at radius 3 is 2.71 bits per heavy atom. The second kappa shape index (κ2) is 9.80. The number of aryl methyl sites for hydroxylation is 2. The number of pyridine rings is 1. The molecule has 0 aliphatic heterocycles. The Hall–Kier alpha value is -3.10. The van der Waals surface area contributed by atoms with Crippen LogP contribution in [-0.2, 0) is 17.6 Å². The largest absolute Gasteiger partial charge is 0.326 e. The summed E-state index contributed by atoms with van der Waals surface area (Å²) < 4.78 is 0. The quantitative estimate of drug-likeness (QED) is 0.516. The van der Waals surface area contributed by atoms with Gasteiger partial charge in [0.15, 0.2) is 0 Å². The van der Waals surface area contributed by atoms with Gasteiger partial charge in [-0.25, -0.2) is 4.98 Å². The van der Waals surface area contributed by atoms with Crippen molar-refractivity contribution in [2.24, 2.45) is 0 Å². The van der Waals surface area contributed by atoms with Gasteiger partial charge in [0.05, 0.1) is 5.56 Å². The highest BCUT2D eigenvalue weighted by atomic mass is 32.2. The molecule has 2 aromatic carbocycles. The van der Waals surface area contributed by atoms with Crippen molar-refractivity contribution in [1.29, 1.82) is 5.26 Å². The maximum absolute atomic E-state index is 12.2. The molecular formula is C26H25N3OS. The highest BCUT2D eigenvalue weighted by Crippen LogP contribution is 2.34. The van der Waals surface area contributed by atoms with Crippen LogP contribution in [0, 0.1) is 18.3 Å². The number of carbonyl (C=O) groups excluding carboxylic acids is 1. The number of anilines is 1. The highest BCUT2D eigenvalue weighted by molar-refractivity contribution is 7.99. The number of hydrogen-bond acceptors (Lipinski definition) is 4. The minimum Gasteiger partial charge on any atom is -0.326 e. The van der Waals surface area contributed by atoms with Crippen LogP contribution in [-0.4, -0.2) is 16.6 Å². The summed E-state index contributed by atoms with van der Waals surface area (Å²) in [5.41, 5.74) is 6.20. The lowest BCUT2D eigenvalue weighted by molar-refractivity contribution is -0.115. The Balaban J connectivity index is 1.38. The Morgan fingerprint density at radius 2 is 1.97 bits per heavy atom. The molecule has 4 nitrogen and oxygen atoms in total. The first kappa shape index (κ1) is 21.1. The van der Waals surface area contributed by atoms with Crippen molar-refractivity contribution in [1.82, 2.24) is 4.98 Å². The van der Waals surface area contributed by atoms with Crippen LogP contribution in [0.15, 0.2) is 65.7 Å². The molecule has 1 N–H and O–H groups in total. The summed E-state index contributed by atoms with van der Waals surface area (Å²) in [6.45, 7) is 2.02. The predicted molar refractivity (Wildman–Crippen MR) is 125 cm³/mol. The lowest BCUT2D eigenvalue weighted by atomic mass is 9.82. The fourth-order valence-electron chi connectivity index (χ4n) is 3.95. The Morgan fingerprint density at radius 1 is 1.19 bits per heavy atom. The average molecular weight is 428 g/mol. The number of amides is 1. The molecule has 31 heavy (non-hydrogen) atoms. The fraction of sp³-hybridized carbons (Fsp3) is 0.269. The summed E-state index contributed by atoms with van der Waals surface area (Å²) in [4.78, 5) is 17.0. The molecule has 1 atom stereocenters. The van der Waals surface area contributed by atoms with Crippen LogP contribution in [0.4, 0.5) is 5.69 Å². The maximum Gasteiger partial charge on any atom is 0.225 e. The molecule has 0 spiro atoms. The van der Waals surface area contributed by atoms with Crippen molar-refractivity contribution < 1.29 is 4.79 Å². The Labute approximate surface area is 187 Å². The summed E-state index contributed by atoms with van der Waals surface area (Å²) >= 11 is 1.49. The minimum atomic E-state index is -0.0291. The van der Waals surface area contributed by atoms with Crippen LogP contribution in [0.3, 0.4) is 0 Å². The topological polar surface area (TPSA) is 65.8 Å². The van der Waals surface area contributed by atoms with E-state index in [2.05, 4.69) is 35.7 Å². The normalized spacial score (nSPS) is 15.0. The van der Waals surface area contributed by atoms with Gasteiger partial charge in [-0.1, -0.05) is 48.0 Å². The molecule has 1 heterocycles. The second-order valence-corrected chi connectivity index (χ2v) is 9.01. The van der Waals surface area contributed by atoms with Crippen LogP contribution >= 0.6 is 11.8 Å². The minimum absolute atomic E-state index is 0.0291. The van der Waals surface area contributed by atoms with Crippen molar-refractivity contribution in [3.8, 4) is 6.07 Å². The summed E-state index contributed by atoms with van der Waals surface area (Å²) in [5, 5.41) is 13.3. The van der Waals surface area contributed by atoms with E-state index in [1.165, 1.54) is 22.9 Å². The fourth-order valence-corrected chi connectivity index (χ4v) is 4.86. The number of rotatable bonds is 6. The monoisotopic (exact) mass is 427 g/mol. The van der Waals surface area contributed by atoms with Gasteiger partial charge in [-0.05, 0) is 61.4 Å². The van der Waals surface area contributed by atoms with E-state index in [0.29, 0.717) is 23.7 Å². The number of fused-ring (bicyclic) bond motifs is 1. The molecule has 0 radical (unpaired) electrons. The Kier molecular flexibility index (Phi) is 6.69. The molecule has 1 aliphatic carbocycles. The number of nitrogens with one attached hydrogen (secondary N) is 1. The van der Waals surface area contributed by atoms with E-state index in [9.17, 15) is 10.1 Å². The summed E-state index contributed by atoms with van der Waals surface area (Å²) in [7, 11) is 0. The van der Waals surface area contributed by atoms with Gasteiger partial charge in [0.2, 0.25) is 5.91 Å². The first-order chi connectivity index (χ1) is 15.1. The molecule has 0 bridgehead atoms. The van der Waals surface area contributed by atoms with Crippen LogP contribution < -0.4 is 5.32 Å². The summed E-state index contributed by atoms with van der Waals surface area (Å²) in [6.07, 6.45) is 3.28. The molecule has 156 valence electrons. The highest BCUT2D eigenvalue weighted by Gasteiger charge is 2.23. The average Bonchev–Trinajstić information content (AvgIpc) is 2.80. The van der Waals surface area contributed by atoms with Crippen LogP contribution in [0.25, 0.3) is 0 Å². The van der Waals surface area contributed by atoms with Gasteiger partial charge >= 0.3 is 0 Å². The molecule has 3 aromatic rings. The molecule has 1 unspecified atom stereocenters.